The summed E-state index contributed by atoms with van der Waals surface area (Å²) in [7, 11) is 3.02. The third-order valence-corrected chi connectivity index (χ3v) is 4.35. The van der Waals surface area contributed by atoms with Crippen molar-refractivity contribution < 1.29 is 24.2 Å². The van der Waals surface area contributed by atoms with Gasteiger partial charge >= 0.3 is 0 Å². The largest absolute Gasteiger partial charge is 0.507 e. The number of rotatable bonds is 4. The number of ether oxygens (including phenoxy) is 2. The Morgan fingerprint density at radius 3 is 2.35 bits per heavy atom. The van der Waals surface area contributed by atoms with Gasteiger partial charge < -0.3 is 19.9 Å². The number of hydrogen-bond acceptors (Lipinski definition) is 5. The quantitative estimate of drug-likeness (QED) is 0.502. The number of aliphatic hydroxyl groups is 1. The summed E-state index contributed by atoms with van der Waals surface area (Å²) in [4.78, 5) is 24.4. The van der Waals surface area contributed by atoms with Crippen molar-refractivity contribution in [3.8, 4) is 11.5 Å². The molecule has 1 saturated heterocycles. The van der Waals surface area contributed by atoms with Crippen molar-refractivity contribution in [1.82, 2.24) is 5.32 Å². The Balaban J connectivity index is 2.14. The smallest absolute Gasteiger partial charge is 0.293 e. The van der Waals surface area contributed by atoms with Gasteiger partial charge in [0.15, 0.2) is 0 Å². The SMILES string of the molecule is COc1ccc(C2NC(=O)C(=O)C2=C(O)c2ccc(C)cc2)c(OC)c1. The molecular formula is C20H19NO5. The Morgan fingerprint density at radius 1 is 1.04 bits per heavy atom. The van der Waals surface area contributed by atoms with Gasteiger partial charge in [-0.05, 0) is 19.1 Å². The molecule has 1 aliphatic rings. The molecule has 2 aromatic rings. The molecule has 0 radical (unpaired) electrons. The molecule has 0 aromatic heterocycles. The van der Waals surface area contributed by atoms with Crippen LogP contribution >= 0.6 is 0 Å². The topological polar surface area (TPSA) is 84.9 Å². The average Bonchev–Trinajstić information content (AvgIpc) is 2.95. The van der Waals surface area contributed by atoms with Crippen molar-refractivity contribution >= 4 is 17.4 Å². The maximum atomic E-state index is 12.4. The maximum absolute atomic E-state index is 12.4. The van der Waals surface area contributed by atoms with Crippen molar-refractivity contribution in [2.24, 2.45) is 0 Å². The molecule has 0 spiro atoms. The van der Waals surface area contributed by atoms with E-state index < -0.39 is 17.7 Å². The molecule has 1 aliphatic heterocycles. The number of aryl methyl sites for hydroxylation is 1. The normalized spacial score (nSPS) is 18.5. The van der Waals surface area contributed by atoms with Crippen molar-refractivity contribution in [2.75, 3.05) is 14.2 Å². The Hall–Kier alpha value is -3.28. The summed E-state index contributed by atoms with van der Waals surface area (Å²) >= 11 is 0. The van der Waals surface area contributed by atoms with Gasteiger partial charge in [-0.3, -0.25) is 9.59 Å². The van der Waals surface area contributed by atoms with Gasteiger partial charge in [0.1, 0.15) is 17.3 Å². The lowest BCUT2D eigenvalue weighted by Crippen LogP contribution is -2.21. The van der Waals surface area contributed by atoms with Crippen molar-refractivity contribution in [3.63, 3.8) is 0 Å². The van der Waals surface area contributed by atoms with Crippen LogP contribution in [-0.4, -0.2) is 31.0 Å². The van der Waals surface area contributed by atoms with Crippen molar-refractivity contribution in [2.45, 2.75) is 13.0 Å². The summed E-state index contributed by atoms with van der Waals surface area (Å²) in [6, 6.07) is 11.3. The van der Waals surface area contributed by atoms with Crippen LogP contribution in [-0.2, 0) is 9.59 Å². The highest BCUT2D eigenvalue weighted by atomic mass is 16.5. The number of nitrogens with one attached hydrogen (secondary N) is 1. The van der Waals surface area contributed by atoms with E-state index in [0.717, 1.165) is 5.56 Å². The first-order valence-corrected chi connectivity index (χ1v) is 8.03. The van der Waals surface area contributed by atoms with Gasteiger partial charge in [0, 0.05) is 17.2 Å². The fraction of sp³-hybridized carbons (Fsp3) is 0.200. The third-order valence-electron chi connectivity index (χ3n) is 4.35. The van der Waals surface area contributed by atoms with E-state index in [2.05, 4.69) is 5.32 Å². The van der Waals surface area contributed by atoms with E-state index in [1.807, 2.05) is 19.1 Å². The summed E-state index contributed by atoms with van der Waals surface area (Å²) in [5.41, 5.74) is 2.04. The second-order valence-corrected chi connectivity index (χ2v) is 5.97. The van der Waals surface area contributed by atoms with E-state index in [-0.39, 0.29) is 11.3 Å². The molecule has 0 bridgehead atoms. The van der Waals surface area contributed by atoms with E-state index in [1.54, 1.807) is 30.3 Å². The number of carbonyl (C=O) groups is 2. The van der Waals surface area contributed by atoms with E-state index in [0.29, 0.717) is 22.6 Å². The highest BCUT2D eigenvalue weighted by molar-refractivity contribution is 6.46. The Morgan fingerprint density at radius 2 is 1.73 bits per heavy atom. The summed E-state index contributed by atoms with van der Waals surface area (Å²) in [5, 5.41) is 13.3. The monoisotopic (exact) mass is 353 g/mol. The number of amides is 1. The minimum Gasteiger partial charge on any atom is -0.507 e. The number of Topliss-reactive ketones (excluding diaryl/α,β-unsaturated/α-hetero) is 1. The molecule has 1 amide bonds. The van der Waals surface area contributed by atoms with Gasteiger partial charge in [-0.15, -0.1) is 0 Å². The molecule has 3 rings (SSSR count). The predicted octanol–water partition coefficient (Wildman–Crippen LogP) is 2.72. The zero-order valence-electron chi connectivity index (χ0n) is 14.7. The van der Waals surface area contributed by atoms with Crippen LogP contribution < -0.4 is 14.8 Å². The standard InChI is InChI=1S/C20H19NO5/c1-11-4-6-12(7-5-11)18(22)16-17(21-20(24)19(16)23)14-9-8-13(25-2)10-15(14)26-3/h4-10,17,22H,1-3H3,(H,21,24). The van der Waals surface area contributed by atoms with Gasteiger partial charge in [-0.1, -0.05) is 29.8 Å². The van der Waals surface area contributed by atoms with E-state index in [1.165, 1.54) is 14.2 Å². The van der Waals surface area contributed by atoms with Gasteiger partial charge in [0.05, 0.1) is 25.8 Å². The number of aliphatic hydroxyl groups excluding tert-OH is 1. The summed E-state index contributed by atoms with van der Waals surface area (Å²) < 4.78 is 10.5. The lowest BCUT2D eigenvalue weighted by molar-refractivity contribution is -0.133. The van der Waals surface area contributed by atoms with Gasteiger partial charge in [-0.2, -0.15) is 0 Å². The van der Waals surface area contributed by atoms with E-state index in [9.17, 15) is 14.7 Å². The molecule has 2 N–H and O–H groups in total. The minimum atomic E-state index is -0.808. The van der Waals surface area contributed by atoms with Crippen LogP contribution in [0.4, 0.5) is 0 Å². The van der Waals surface area contributed by atoms with E-state index in [4.69, 9.17) is 9.47 Å². The molecule has 1 fully saturated rings. The molecule has 1 atom stereocenters. The van der Waals surface area contributed by atoms with Crippen LogP contribution in [0.3, 0.4) is 0 Å². The number of benzene rings is 2. The number of ketones is 1. The Bertz CT molecular complexity index is 899. The molecule has 0 aliphatic carbocycles. The third kappa shape index (κ3) is 3.01. The maximum Gasteiger partial charge on any atom is 0.293 e. The minimum absolute atomic E-state index is 0.00215. The van der Waals surface area contributed by atoms with Crippen LogP contribution in [0.25, 0.3) is 5.76 Å². The molecule has 1 heterocycles. The van der Waals surface area contributed by atoms with E-state index >= 15 is 0 Å². The molecule has 2 aromatic carbocycles. The summed E-state index contributed by atoms with van der Waals surface area (Å²) in [6.45, 7) is 1.92. The summed E-state index contributed by atoms with van der Waals surface area (Å²) in [5.74, 6) is -0.725. The van der Waals surface area contributed by atoms with Gasteiger partial charge in [0.25, 0.3) is 11.7 Å². The van der Waals surface area contributed by atoms with Crippen LogP contribution in [0.5, 0.6) is 11.5 Å². The van der Waals surface area contributed by atoms with Crippen LogP contribution in [0.2, 0.25) is 0 Å². The highest BCUT2D eigenvalue weighted by Crippen LogP contribution is 2.38. The zero-order chi connectivity index (χ0) is 18.8. The molecule has 0 saturated carbocycles. The van der Waals surface area contributed by atoms with Crippen LogP contribution in [0, 0.1) is 6.92 Å². The first kappa shape index (κ1) is 17.5. The average molecular weight is 353 g/mol. The van der Waals surface area contributed by atoms with Gasteiger partial charge in [-0.25, -0.2) is 0 Å². The van der Waals surface area contributed by atoms with Crippen LogP contribution in [0.1, 0.15) is 22.7 Å². The van der Waals surface area contributed by atoms with Crippen LogP contribution in [0.15, 0.2) is 48.0 Å². The molecule has 6 heteroatoms. The lowest BCUT2D eigenvalue weighted by Gasteiger charge is -2.17. The fourth-order valence-corrected chi connectivity index (χ4v) is 2.92. The second-order valence-electron chi connectivity index (χ2n) is 5.97. The first-order valence-electron chi connectivity index (χ1n) is 8.03. The van der Waals surface area contributed by atoms with Gasteiger partial charge in [0.2, 0.25) is 0 Å². The first-order chi connectivity index (χ1) is 12.5. The number of carbonyl (C=O) groups excluding carboxylic acids is 2. The Labute approximate surface area is 151 Å². The van der Waals surface area contributed by atoms with Crippen molar-refractivity contribution in [1.29, 1.82) is 0 Å². The second kappa shape index (κ2) is 6.92. The molecule has 134 valence electrons. The Kier molecular flexibility index (Phi) is 4.67. The number of hydrogen-bond donors (Lipinski definition) is 2. The van der Waals surface area contributed by atoms with Crippen molar-refractivity contribution in [3.05, 3.63) is 64.7 Å². The molecular weight excluding hydrogens is 334 g/mol. The molecule has 1 unspecified atom stereocenters. The molecule has 6 nitrogen and oxygen atoms in total. The predicted molar refractivity (Wildman–Crippen MR) is 96.2 cm³/mol. The highest BCUT2D eigenvalue weighted by Gasteiger charge is 2.40. The zero-order valence-corrected chi connectivity index (χ0v) is 14.7. The molecule has 26 heavy (non-hydrogen) atoms. The fourth-order valence-electron chi connectivity index (χ4n) is 2.92. The lowest BCUT2D eigenvalue weighted by atomic mass is 9.95. The summed E-state index contributed by atoms with van der Waals surface area (Å²) in [6.07, 6.45) is 0. The number of methoxy groups -OCH3 is 2.